The van der Waals surface area contributed by atoms with E-state index in [2.05, 4.69) is 5.32 Å². The first-order chi connectivity index (χ1) is 8.21. The number of hydrogen-bond donors (Lipinski definition) is 2. The van der Waals surface area contributed by atoms with E-state index in [9.17, 15) is 13.2 Å². The Morgan fingerprint density at radius 1 is 1.50 bits per heavy atom. The summed E-state index contributed by atoms with van der Waals surface area (Å²) in [6.07, 6.45) is 0. The monoisotopic (exact) mass is 275 g/mol. The molecular formula is C10H17N3O4S. The summed E-state index contributed by atoms with van der Waals surface area (Å²) >= 11 is 0. The van der Waals surface area contributed by atoms with Crippen LogP contribution in [0.1, 0.15) is 12.7 Å². The van der Waals surface area contributed by atoms with Crippen LogP contribution in [0.25, 0.3) is 0 Å². The molecule has 1 unspecified atom stereocenters. The van der Waals surface area contributed by atoms with Crippen molar-refractivity contribution in [3.8, 4) is 0 Å². The Morgan fingerprint density at radius 3 is 2.56 bits per heavy atom. The molecular weight excluding hydrogens is 258 g/mol. The third kappa shape index (κ3) is 3.83. The predicted octanol–water partition coefficient (Wildman–Crippen LogP) is -0.507. The van der Waals surface area contributed by atoms with Crippen molar-refractivity contribution in [2.24, 2.45) is 5.14 Å². The number of carbonyl (C=O) groups is 1. The number of amides is 1. The fourth-order valence-corrected chi connectivity index (χ4v) is 1.82. The standard InChI is InChI=1S/C10H17N3O4S/c1-7(10(14)13(2)3)12-6-8-4-5-9(17-8)18(11,15)16/h4-5,7,12H,6H2,1-3H3,(H2,11,15,16). The molecule has 0 fully saturated rings. The predicted molar refractivity (Wildman–Crippen MR) is 65.1 cm³/mol. The van der Waals surface area contributed by atoms with Gasteiger partial charge in [-0.05, 0) is 19.1 Å². The number of hydrogen-bond acceptors (Lipinski definition) is 5. The number of rotatable bonds is 5. The number of nitrogens with two attached hydrogens (primary N) is 1. The van der Waals surface area contributed by atoms with Crippen molar-refractivity contribution in [1.29, 1.82) is 0 Å². The van der Waals surface area contributed by atoms with Gasteiger partial charge in [-0.2, -0.15) is 0 Å². The lowest BCUT2D eigenvalue weighted by atomic mass is 10.3. The highest BCUT2D eigenvalue weighted by Gasteiger charge is 2.16. The molecule has 0 aromatic carbocycles. The summed E-state index contributed by atoms with van der Waals surface area (Å²) in [7, 11) is -0.501. The van der Waals surface area contributed by atoms with Crippen LogP contribution in [0, 0.1) is 0 Å². The SMILES string of the molecule is CC(NCc1ccc(S(N)(=O)=O)o1)C(=O)N(C)C. The van der Waals surface area contributed by atoms with Crippen molar-refractivity contribution in [2.75, 3.05) is 14.1 Å². The van der Waals surface area contributed by atoms with Crippen LogP contribution in [-0.4, -0.2) is 39.4 Å². The van der Waals surface area contributed by atoms with E-state index in [1.807, 2.05) is 0 Å². The molecule has 1 heterocycles. The first-order valence-corrected chi connectivity index (χ1v) is 6.82. The highest BCUT2D eigenvalue weighted by Crippen LogP contribution is 2.12. The van der Waals surface area contributed by atoms with Crippen LogP contribution < -0.4 is 10.5 Å². The van der Waals surface area contributed by atoms with Crippen molar-refractivity contribution in [2.45, 2.75) is 24.6 Å². The van der Waals surface area contributed by atoms with Crippen LogP contribution in [0.5, 0.6) is 0 Å². The largest absolute Gasteiger partial charge is 0.447 e. The molecule has 0 radical (unpaired) electrons. The zero-order valence-corrected chi connectivity index (χ0v) is 11.3. The average Bonchev–Trinajstić information content (AvgIpc) is 2.72. The molecule has 8 heteroatoms. The minimum atomic E-state index is -3.82. The fraction of sp³-hybridized carbons (Fsp3) is 0.500. The summed E-state index contributed by atoms with van der Waals surface area (Å²) in [5.74, 6) is 0.325. The minimum Gasteiger partial charge on any atom is -0.447 e. The van der Waals surface area contributed by atoms with Gasteiger partial charge in [-0.15, -0.1) is 0 Å². The number of nitrogens with one attached hydrogen (secondary N) is 1. The zero-order chi connectivity index (χ0) is 13.9. The van der Waals surface area contributed by atoms with E-state index in [1.54, 1.807) is 21.0 Å². The highest BCUT2D eigenvalue weighted by atomic mass is 32.2. The highest BCUT2D eigenvalue weighted by molar-refractivity contribution is 7.89. The van der Waals surface area contributed by atoms with Gasteiger partial charge in [0.1, 0.15) is 5.76 Å². The Hall–Kier alpha value is -1.38. The lowest BCUT2D eigenvalue weighted by Gasteiger charge is -2.17. The number of nitrogens with zero attached hydrogens (tertiary/aromatic N) is 1. The lowest BCUT2D eigenvalue weighted by molar-refractivity contribution is -0.130. The summed E-state index contributed by atoms with van der Waals surface area (Å²) < 4.78 is 27.0. The van der Waals surface area contributed by atoms with Crippen LogP contribution >= 0.6 is 0 Å². The molecule has 1 aromatic heterocycles. The van der Waals surface area contributed by atoms with Gasteiger partial charge in [0.25, 0.3) is 10.0 Å². The molecule has 0 aliphatic heterocycles. The van der Waals surface area contributed by atoms with Gasteiger partial charge in [0.2, 0.25) is 11.0 Å². The summed E-state index contributed by atoms with van der Waals surface area (Å²) in [6.45, 7) is 1.96. The van der Waals surface area contributed by atoms with Gasteiger partial charge in [-0.25, -0.2) is 13.6 Å². The van der Waals surface area contributed by atoms with E-state index in [4.69, 9.17) is 9.56 Å². The zero-order valence-electron chi connectivity index (χ0n) is 10.5. The van der Waals surface area contributed by atoms with E-state index in [-0.39, 0.29) is 23.6 Å². The van der Waals surface area contributed by atoms with Gasteiger partial charge in [-0.1, -0.05) is 0 Å². The molecule has 1 amide bonds. The molecule has 0 spiro atoms. The second-order valence-electron chi connectivity index (χ2n) is 4.10. The summed E-state index contributed by atoms with van der Waals surface area (Å²) in [4.78, 5) is 13.0. The number of likely N-dealkylation sites (N-methyl/N-ethyl adjacent to an activating group) is 1. The van der Waals surface area contributed by atoms with Crippen LogP contribution in [0.3, 0.4) is 0 Å². The Morgan fingerprint density at radius 2 is 2.11 bits per heavy atom. The maximum Gasteiger partial charge on any atom is 0.271 e. The van der Waals surface area contributed by atoms with E-state index in [1.165, 1.54) is 17.0 Å². The van der Waals surface area contributed by atoms with Crippen LogP contribution in [0.4, 0.5) is 0 Å². The lowest BCUT2D eigenvalue weighted by Crippen LogP contribution is -2.41. The Balaban J connectivity index is 2.60. The average molecular weight is 275 g/mol. The molecule has 0 saturated carbocycles. The topological polar surface area (TPSA) is 106 Å². The van der Waals surface area contributed by atoms with Crippen molar-refractivity contribution in [1.82, 2.24) is 10.2 Å². The fourth-order valence-electron chi connectivity index (χ4n) is 1.33. The Bertz CT molecular complexity index is 521. The van der Waals surface area contributed by atoms with Crippen molar-refractivity contribution < 1.29 is 17.6 Å². The second-order valence-corrected chi connectivity index (χ2v) is 5.59. The van der Waals surface area contributed by atoms with E-state index in [0.717, 1.165) is 0 Å². The smallest absolute Gasteiger partial charge is 0.271 e. The summed E-state index contributed by atoms with van der Waals surface area (Å²) in [5, 5.41) is 7.55. The molecule has 1 aromatic rings. The Labute approximate surface area is 106 Å². The van der Waals surface area contributed by atoms with Gasteiger partial charge in [0.05, 0.1) is 12.6 Å². The van der Waals surface area contributed by atoms with E-state index >= 15 is 0 Å². The molecule has 102 valence electrons. The van der Waals surface area contributed by atoms with Gasteiger partial charge in [0.15, 0.2) is 0 Å². The van der Waals surface area contributed by atoms with Crippen molar-refractivity contribution in [3.05, 3.63) is 17.9 Å². The number of sulfonamides is 1. The number of furan rings is 1. The number of primary sulfonamides is 1. The third-order valence-electron chi connectivity index (χ3n) is 2.31. The minimum absolute atomic E-state index is 0.0757. The molecule has 18 heavy (non-hydrogen) atoms. The molecule has 0 bridgehead atoms. The summed E-state index contributed by atoms with van der Waals surface area (Å²) in [6, 6.07) is 2.40. The van der Waals surface area contributed by atoms with E-state index < -0.39 is 10.0 Å². The summed E-state index contributed by atoms with van der Waals surface area (Å²) in [5.41, 5.74) is 0. The maximum absolute atomic E-state index is 11.5. The molecule has 3 N–H and O–H groups in total. The van der Waals surface area contributed by atoms with Gasteiger partial charge in [0, 0.05) is 14.1 Å². The quantitative estimate of drug-likeness (QED) is 0.753. The van der Waals surface area contributed by atoms with Crippen LogP contribution in [-0.2, 0) is 21.4 Å². The maximum atomic E-state index is 11.5. The first kappa shape index (κ1) is 14.7. The van der Waals surface area contributed by atoms with Crippen molar-refractivity contribution in [3.63, 3.8) is 0 Å². The molecule has 1 rings (SSSR count). The molecule has 1 atom stereocenters. The van der Waals surface area contributed by atoms with Gasteiger partial charge in [-0.3, -0.25) is 10.1 Å². The molecule has 0 aliphatic carbocycles. The normalized spacial score (nSPS) is 13.3. The van der Waals surface area contributed by atoms with E-state index in [0.29, 0.717) is 5.76 Å². The number of carbonyl (C=O) groups excluding carboxylic acids is 1. The molecule has 0 aliphatic rings. The Kier molecular flexibility index (Phi) is 4.49. The second kappa shape index (κ2) is 5.51. The molecule has 7 nitrogen and oxygen atoms in total. The van der Waals surface area contributed by atoms with Crippen LogP contribution in [0.15, 0.2) is 21.6 Å². The first-order valence-electron chi connectivity index (χ1n) is 5.28. The van der Waals surface area contributed by atoms with Gasteiger partial charge < -0.3 is 9.32 Å². The van der Waals surface area contributed by atoms with Crippen LogP contribution in [0.2, 0.25) is 0 Å². The van der Waals surface area contributed by atoms with Gasteiger partial charge >= 0.3 is 0 Å². The third-order valence-corrected chi connectivity index (χ3v) is 3.09. The molecule has 0 saturated heterocycles. The van der Waals surface area contributed by atoms with Crippen molar-refractivity contribution >= 4 is 15.9 Å².